The molecule has 1 N–H and O–H groups in total. The van der Waals surface area contributed by atoms with Crippen LogP contribution in [0, 0.1) is 0 Å². The van der Waals surface area contributed by atoms with Gasteiger partial charge >= 0.3 is 0 Å². The van der Waals surface area contributed by atoms with Gasteiger partial charge < -0.3 is 10.1 Å². The number of anilines is 2. The number of benzene rings is 1. The van der Waals surface area contributed by atoms with Crippen molar-refractivity contribution in [2.45, 2.75) is 20.0 Å². The molecular weight excluding hydrogens is 330 g/mol. The molecule has 0 radical (unpaired) electrons. The highest BCUT2D eigenvalue weighted by atomic mass is 79.9. The molecule has 0 amide bonds. The van der Waals surface area contributed by atoms with Crippen LogP contribution in [-0.2, 0) is 0 Å². The highest BCUT2D eigenvalue weighted by molar-refractivity contribution is 9.10. The van der Waals surface area contributed by atoms with E-state index in [1.807, 2.05) is 38.1 Å². The number of nitrogens with one attached hydrogen (secondary N) is 1. The van der Waals surface area contributed by atoms with Gasteiger partial charge in [-0.05, 0) is 54.0 Å². The Morgan fingerprint density at radius 2 is 1.89 bits per heavy atom. The van der Waals surface area contributed by atoms with E-state index in [0.717, 1.165) is 11.4 Å². The molecule has 2 rings (SSSR count). The SMILES string of the molecule is CC(C)Oc1ccc(Nc2ncnc(Cl)c2Br)cc1. The fourth-order valence-corrected chi connectivity index (χ4v) is 1.90. The first-order chi connectivity index (χ1) is 9.06. The quantitative estimate of drug-likeness (QED) is 0.835. The molecule has 0 spiro atoms. The van der Waals surface area contributed by atoms with Gasteiger partial charge in [-0.3, -0.25) is 0 Å². The molecule has 2 aromatic rings. The average molecular weight is 343 g/mol. The van der Waals surface area contributed by atoms with Crippen molar-refractivity contribution in [3.05, 3.63) is 40.2 Å². The molecule has 0 aliphatic heterocycles. The molecule has 0 fully saturated rings. The van der Waals surface area contributed by atoms with E-state index < -0.39 is 0 Å². The van der Waals surface area contributed by atoms with E-state index in [2.05, 4.69) is 31.2 Å². The van der Waals surface area contributed by atoms with Crippen LogP contribution in [0.3, 0.4) is 0 Å². The topological polar surface area (TPSA) is 47.0 Å². The van der Waals surface area contributed by atoms with Gasteiger partial charge in [-0.25, -0.2) is 9.97 Å². The smallest absolute Gasteiger partial charge is 0.149 e. The summed E-state index contributed by atoms with van der Waals surface area (Å²) in [7, 11) is 0. The summed E-state index contributed by atoms with van der Waals surface area (Å²) in [5, 5.41) is 3.53. The van der Waals surface area contributed by atoms with Crippen molar-refractivity contribution in [2.75, 3.05) is 5.32 Å². The summed E-state index contributed by atoms with van der Waals surface area (Å²) in [4.78, 5) is 8.00. The Kier molecular flexibility index (Phi) is 4.61. The van der Waals surface area contributed by atoms with Crippen molar-refractivity contribution < 1.29 is 4.74 Å². The number of ether oxygens (including phenoxy) is 1. The van der Waals surface area contributed by atoms with E-state index >= 15 is 0 Å². The van der Waals surface area contributed by atoms with Gasteiger partial charge in [-0.15, -0.1) is 0 Å². The average Bonchev–Trinajstić information content (AvgIpc) is 2.37. The predicted octanol–water partition coefficient (Wildman–Crippen LogP) is 4.42. The third kappa shape index (κ3) is 3.81. The molecule has 1 aromatic heterocycles. The Morgan fingerprint density at radius 1 is 1.21 bits per heavy atom. The number of rotatable bonds is 4. The molecule has 0 saturated heterocycles. The summed E-state index contributed by atoms with van der Waals surface area (Å²) in [6.45, 7) is 3.98. The number of aromatic nitrogens is 2. The van der Waals surface area contributed by atoms with Crippen LogP contribution in [0.5, 0.6) is 5.75 Å². The predicted molar refractivity (Wildman–Crippen MR) is 80.2 cm³/mol. The molecule has 6 heteroatoms. The van der Waals surface area contributed by atoms with Crippen molar-refractivity contribution in [3.63, 3.8) is 0 Å². The van der Waals surface area contributed by atoms with Crippen LogP contribution in [-0.4, -0.2) is 16.1 Å². The molecule has 100 valence electrons. The standard InChI is InChI=1S/C13H13BrClN3O/c1-8(2)19-10-5-3-9(4-6-10)18-13-11(14)12(15)16-7-17-13/h3-8H,1-2H3,(H,16,17,18). The zero-order valence-corrected chi connectivity index (χ0v) is 12.9. The van der Waals surface area contributed by atoms with Crippen molar-refractivity contribution in [1.29, 1.82) is 0 Å². The Bertz CT molecular complexity index is 560. The maximum atomic E-state index is 5.90. The van der Waals surface area contributed by atoms with Crippen LogP contribution in [0.2, 0.25) is 5.15 Å². The molecule has 0 aliphatic rings. The van der Waals surface area contributed by atoms with Gasteiger partial charge in [-0.2, -0.15) is 0 Å². The Labute approximate surface area is 125 Å². The van der Waals surface area contributed by atoms with E-state index in [1.54, 1.807) is 0 Å². The zero-order valence-electron chi connectivity index (χ0n) is 10.5. The Hall–Kier alpha value is -1.33. The summed E-state index contributed by atoms with van der Waals surface area (Å²) in [6, 6.07) is 7.64. The van der Waals surface area contributed by atoms with Crippen LogP contribution < -0.4 is 10.1 Å². The van der Waals surface area contributed by atoms with Crippen LogP contribution in [0.4, 0.5) is 11.5 Å². The van der Waals surface area contributed by atoms with Gasteiger partial charge in [-0.1, -0.05) is 11.6 Å². The van der Waals surface area contributed by atoms with Crippen LogP contribution >= 0.6 is 27.5 Å². The summed E-state index contributed by atoms with van der Waals surface area (Å²) in [5.41, 5.74) is 0.895. The minimum Gasteiger partial charge on any atom is -0.491 e. The largest absolute Gasteiger partial charge is 0.491 e. The first-order valence-corrected chi connectivity index (χ1v) is 6.93. The Morgan fingerprint density at radius 3 is 2.53 bits per heavy atom. The second-order valence-corrected chi connectivity index (χ2v) is 5.29. The molecule has 0 unspecified atom stereocenters. The molecule has 1 heterocycles. The highest BCUT2D eigenvalue weighted by Gasteiger charge is 2.07. The number of nitrogens with zero attached hydrogens (tertiary/aromatic N) is 2. The molecular formula is C13H13BrClN3O. The normalized spacial score (nSPS) is 10.6. The van der Waals surface area contributed by atoms with E-state index in [1.165, 1.54) is 6.33 Å². The first-order valence-electron chi connectivity index (χ1n) is 5.76. The molecule has 0 saturated carbocycles. The number of hydrogen-bond acceptors (Lipinski definition) is 4. The molecule has 19 heavy (non-hydrogen) atoms. The van der Waals surface area contributed by atoms with Gasteiger partial charge in [0.05, 0.1) is 10.6 Å². The van der Waals surface area contributed by atoms with Crippen molar-refractivity contribution in [2.24, 2.45) is 0 Å². The molecule has 0 atom stereocenters. The van der Waals surface area contributed by atoms with E-state index in [9.17, 15) is 0 Å². The van der Waals surface area contributed by atoms with Crippen LogP contribution in [0.25, 0.3) is 0 Å². The van der Waals surface area contributed by atoms with E-state index in [-0.39, 0.29) is 6.10 Å². The summed E-state index contributed by atoms with van der Waals surface area (Å²) < 4.78 is 6.22. The second kappa shape index (κ2) is 6.21. The third-order valence-electron chi connectivity index (χ3n) is 2.24. The van der Waals surface area contributed by atoms with E-state index in [0.29, 0.717) is 15.4 Å². The Balaban J connectivity index is 2.13. The van der Waals surface area contributed by atoms with Gasteiger partial charge in [0.2, 0.25) is 0 Å². The lowest BCUT2D eigenvalue weighted by Crippen LogP contribution is -2.05. The van der Waals surface area contributed by atoms with Crippen molar-refractivity contribution in [1.82, 2.24) is 9.97 Å². The fraction of sp³-hybridized carbons (Fsp3) is 0.231. The minimum atomic E-state index is 0.161. The third-order valence-corrected chi connectivity index (χ3v) is 3.50. The summed E-state index contributed by atoms with van der Waals surface area (Å²) >= 11 is 9.25. The van der Waals surface area contributed by atoms with Gasteiger partial charge in [0, 0.05) is 5.69 Å². The maximum Gasteiger partial charge on any atom is 0.149 e. The lowest BCUT2D eigenvalue weighted by Gasteiger charge is -2.11. The first kappa shape index (κ1) is 14.1. The second-order valence-electron chi connectivity index (χ2n) is 4.14. The summed E-state index contributed by atoms with van der Waals surface area (Å²) in [5.74, 6) is 1.46. The van der Waals surface area contributed by atoms with E-state index in [4.69, 9.17) is 16.3 Å². The van der Waals surface area contributed by atoms with Gasteiger partial charge in [0.15, 0.2) is 0 Å². The van der Waals surface area contributed by atoms with Crippen molar-refractivity contribution in [3.8, 4) is 5.75 Å². The fourth-order valence-electron chi connectivity index (χ4n) is 1.46. The van der Waals surface area contributed by atoms with Crippen LogP contribution in [0.15, 0.2) is 35.1 Å². The molecule has 0 aliphatic carbocycles. The van der Waals surface area contributed by atoms with Gasteiger partial charge in [0.25, 0.3) is 0 Å². The molecule has 1 aromatic carbocycles. The van der Waals surface area contributed by atoms with Crippen molar-refractivity contribution >= 4 is 39.0 Å². The van der Waals surface area contributed by atoms with Gasteiger partial charge in [0.1, 0.15) is 23.0 Å². The monoisotopic (exact) mass is 341 g/mol. The lowest BCUT2D eigenvalue weighted by atomic mass is 10.3. The number of halogens is 2. The highest BCUT2D eigenvalue weighted by Crippen LogP contribution is 2.29. The number of hydrogen-bond donors (Lipinski definition) is 1. The molecule has 0 bridgehead atoms. The lowest BCUT2D eigenvalue weighted by molar-refractivity contribution is 0.242. The molecule has 4 nitrogen and oxygen atoms in total. The minimum absolute atomic E-state index is 0.161. The van der Waals surface area contributed by atoms with Crippen LogP contribution in [0.1, 0.15) is 13.8 Å². The zero-order chi connectivity index (χ0) is 13.8. The summed E-state index contributed by atoms with van der Waals surface area (Å²) in [6.07, 6.45) is 1.57. The maximum absolute atomic E-state index is 5.90.